The van der Waals surface area contributed by atoms with Crippen molar-refractivity contribution in [3.05, 3.63) is 28.7 Å². The second-order valence-corrected chi connectivity index (χ2v) is 6.15. The molecule has 3 N–H and O–H groups in total. The van der Waals surface area contributed by atoms with Crippen LogP contribution in [0.4, 0.5) is 5.69 Å². The summed E-state index contributed by atoms with van der Waals surface area (Å²) < 4.78 is 0.989. The number of halogens is 1. The first-order valence-electron chi connectivity index (χ1n) is 6.54. The summed E-state index contributed by atoms with van der Waals surface area (Å²) in [7, 11) is 2.08. The summed E-state index contributed by atoms with van der Waals surface area (Å²) in [5.41, 5.74) is 5.97. The van der Waals surface area contributed by atoms with Crippen LogP contribution in [-0.2, 0) is 4.79 Å². The van der Waals surface area contributed by atoms with Crippen molar-refractivity contribution in [1.82, 2.24) is 4.90 Å². The Morgan fingerprint density at radius 3 is 2.89 bits per heavy atom. The highest BCUT2D eigenvalue weighted by atomic mass is 79.9. The van der Waals surface area contributed by atoms with Crippen LogP contribution in [0.1, 0.15) is 19.3 Å². The summed E-state index contributed by atoms with van der Waals surface area (Å²) in [6.45, 7) is 1.89. The van der Waals surface area contributed by atoms with Crippen LogP contribution < -0.4 is 11.1 Å². The van der Waals surface area contributed by atoms with Crippen molar-refractivity contribution < 1.29 is 4.79 Å². The fourth-order valence-corrected chi connectivity index (χ4v) is 2.94. The molecule has 1 amide bonds. The second-order valence-electron chi connectivity index (χ2n) is 5.24. The van der Waals surface area contributed by atoms with Gasteiger partial charge in [-0.15, -0.1) is 0 Å². The normalized spacial score (nSPS) is 24.7. The molecule has 1 aromatic rings. The van der Waals surface area contributed by atoms with Crippen molar-refractivity contribution in [2.75, 3.05) is 25.5 Å². The van der Waals surface area contributed by atoms with E-state index in [2.05, 4.69) is 33.2 Å². The monoisotopic (exact) mass is 325 g/mol. The van der Waals surface area contributed by atoms with Gasteiger partial charge in [0.25, 0.3) is 0 Å². The molecule has 2 rings (SSSR count). The standard InChI is InChI=1S/C14H20BrN3O/c1-18-8-3-6-14(7-9-18,13(16)19)17-12-5-2-4-11(15)10-12/h2,4-5,10,17H,3,6-9H2,1H3,(H2,16,19). The van der Waals surface area contributed by atoms with E-state index in [1.165, 1.54) is 0 Å². The van der Waals surface area contributed by atoms with Gasteiger partial charge in [-0.1, -0.05) is 22.0 Å². The molecule has 1 aromatic carbocycles. The van der Waals surface area contributed by atoms with Gasteiger partial charge in [0.15, 0.2) is 0 Å². The quantitative estimate of drug-likeness (QED) is 0.895. The lowest BCUT2D eigenvalue weighted by molar-refractivity contribution is -0.122. The number of benzene rings is 1. The maximum atomic E-state index is 12.0. The van der Waals surface area contributed by atoms with Crippen LogP contribution in [0.25, 0.3) is 0 Å². The van der Waals surface area contributed by atoms with E-state index in [0.717, 1.165) is 42.5 Å². The van der Waals surface area contributed by atoms with Crippen LogP contribution in [0, 0.1) is 0 Å². The molecule has 5 heteroatoms. The lowest BCUT2D eigenvalue weighted by Gasteiger charge is -2.31. The highest BCUT2D eigenvalue weighted by Crippen LogP contribution is 2.28. The fourth-order valence-electron chi connectivity index (χ4n) is 2.54. The predicted octanol–water partition coefficient (Wildman–Crippen LogP) is 2.20. The average Bonchev–Trinajstić information content (AvgIpc) is 2.53. The number of carbonyl (C=O) groups excluding carboxylic acids is 1. The molecule has 0 radical (unpaired) electrons. The molecule has 1 unspecified atom stereocenters. The van der Waals surface area contributed by atoms with Crippen LogP contribution in [0.15, 0.2) is 28.7 Å². The molecule has 104 valence electrons. The number of nitrogens with two attached hydrogens (primary N) is 1. The molecular weight excluding hydrogens is 306 g/mol. The fraction of sp³-hybridized carbons (Fsp3) is 0.500. The average molecular weight is 326 g/mol. The van der Waals surface area contributed by atoms with E-state index in [1.54, 1.807) is 0 Å². The second kappa shape index (κ2) is 5.92. The Kier molecular flexibility index (Phi) is 4.47. The highest BCUT2D eigenvalue weighted by molar-refractivity contribution is 9.10. The number of carbonyl (C=O) groups is 1. The number of amides is 1. The zero-order valence-electron chi connectivity index (χ0n) is 11.2. The van der Waals surface area contributed by atoms with Crippen molar-refractivity contribution in [3.63, 3.8) is 0 Å². The number of rotatable bonds is 3. The molecular formula is C14H20BrN3O. The molecule has 1 fully saturated rings. The van der Waals surface area contributed by atoms with E-state index in [-0.39, 0.29) is 5.91 Å². The molecule has 1 saturated heterocycles. The maximum Gasteiger partial charge on any atom is 0.243 e. The number of hydrogen-bond donors (Lipinski definition) is 2. The van der Waals surface area contributed by atoms with Crippen molar-refractivity contribution in [1.29, 1.82) is 0 Å². The van der Waals surface area contributed by atoms with Crippen LogP contribution >= 0.6 is 15.9 Å². The van der Waals surface area contributed by atoms with Gasteiger partial charge < -0.3 is 16.0 Å². The van der Waals surface area contributed by atoms with Gasteiger partial charge in [0, 0.05) is 16.7 Å². The van der Waals surface area contributed by atoms with Crippen LogP contribution in [-0.4, -0.2) is 36.5 Å². The van der Waals surface area contributed by atoms with E-state index >= 15 is 0 Å². The third-order valence-electron chi connectivity index (χ3n) is 3.74. The zero-order valence-corrected chi connectivity index (χ0v) is 12.7. The Labute approximate surface area is 122 Å². The summed E-state index contributed by atoms with van der Waals surface area (Å²) in [5, 5.41) is 3.36. The molecule has 4 nitrogen and oxygen atoms in total. The van der Waals surface area contributed by atoms with Gasteiger partial charge in [0.2, 0.25) is 5.91 Å². The molecule has 19 heavy (non-hydrogen) atoms. The lowest BCUT2D eigenvalue weighted by atomic mass is 9.89. The van der Waals surface area contributed by atoms with Gasteiger partial charge in [-0.05, 0) is 51.1 Å². The molecule has 1 atom stereocenters. The molecule has 0 aromatic heterocycles. The first-order valence-corrected chi connectivity index (χ1v) is 7.33. The number of nitrogens with zero attached hydrogens (tertiary/aromatic N) is 1. The van der Waals surface area contributed by atoms with Crippen molar-refractivity contribution in [2.45, 2.75) is 24.8 Å². The van der Waals surface area contributed by atoms with Crippen LogP contribution in [0.2, 0.25) is 0 Å². The third-order valence-corrected chi connectivity index (χ3v) is 4.24. The van der Waals surface area contributed by atoms with E-state index in [0.29, 0.717) is 0 Å². The summed E-state index contributed by atoms with van der Waals surface area (Å²) in [5.74, 6) is -0.261. The Morgan fingerprint density at radius 1 is 1.42 bits per heavy atom. The summed E-state index contributed by atoms with van der Waals surface area (Å²) in [4.78, 5) is 14.2. The summed E-state index contributed by atoms with van der Waals surface area (Å²) in [6.07, 6.45) is 2.49. The van der Waals surface area contributed by atoms with Crippen LogP contribution in [0.3, 0.4) is 0 Å². The number of anilines is 1. The van der Waals surface area contributed by atoms with Crippen LogP contribution in [0.5, 0.6) is 0 Å². The molecule has 0 spiro atoms. The van der Waals surface area contributed by atoms with Gasteiger partial charge in [-0.2, -0.15) is 0 Å². The number of likely N-dealkylation sites (tertiary alicyclic amines) is 1. The van der Waals surface area contributed by atoms with Gasteiger partial charge in [0.1, 0.15) is 5.54 Å². The third kappa shape index (κ3) is 3.48. The lowest BCUT2D eigenvalue weighted by Crippen LogP contribution is -2.51. The molecule has 0 saturated carbocycles. The molecule has 1 aliphatic rings. The van der Waals surface area contributed by atoms with Crippen molar-refractivity contribution >= 4 is 27.5 Å². The summed E-state index contributed by atoms with van der Waals surface area (Å²) >= 11 is 3.44. The van der Waals surface area contributed by atoms with Gasteiger partial charge in [0.05, 0.1) is 0 Å². The number of primary amides is 1. The zero-order chi connectivity index (χ0) is 13.9. The molecule has 0 aliphatic carbocycles. The number of nitrogens with one attached hydrogen (secondary N) is 1. The van der Waals surface area contributed by atoms with Crippen molar-refractivity contribution in [3.8, 4) is 0 Å². The summed E-state index contributed by atoms with van der Waals surface area (Å²) in [6, 6.07) is 7.84. The minimum atomic E-state index is -0.633. The molecule has 1 aliphatic heterocycles. The number of hydrogen-bond acceptors (Lipinski definition) is 3. The minimum absolute atomic E-state index is 0.261. The van der Waals surface area contributed by atoms with E-state index < -0.39 is 5.54 Å². The van der Waals surface area contributed by atoms with Crippen molar-refractivity contribution in [2.24, 2.45) is 5.73 Å². The van der Waals surface area contributed by atoms with Gasteiger partial charge >= 0.3 is 0 Å². The minimum Gasteiger partial charge on any atom is -0.371 e. The first kappa shape index (κ1) is 14.3. The maximum absolute atomic E-state index is 12.0. The van der Waals surface area contributed by atoms with Gasteiger partial charge in [-0.25, -0.2) is 0 Å². The Bertz CT molecular complexity index is 466. The molecule has 0 bridgehead atoms. The Morgan fingerprint density at radius 2 is 2.21 bits per heavy atom. The Hall–Kier alpha value is -1.07. The van der Waals surface area contributed by atoms with Gasteiger partial charge in [-0.3, -0.25) is 4.79 Å². The van der Waals surface area contributed by atoms with E-state index in [1.807, 2.05) is 24.3 Å². The largest absolute Gasteiger partial charge is 0.371 e. The van der Waals surface area contributed by atoms with E-state index in [4.69, 9.17) is 5.73 Å². The highest BCUT2D eigenvalue weighted by Gasteiger charge is 2.37. The first-order chi connectivity index (χ1) is 9.02. The smallest absolute Gasteiger partial charge is 0.243 e. The predicted molar refractivity (Wildman–Crippen MR) is 81.0 cm³/mol. The topological polar surface area (TPSA) is 58.4 Å². The molecule has 1 heterocycles. The van der Waals surface area contributed by atoms with E-state index in [9.17, 15) is 4.79 Å². The Balaban J connectivity index is 2.22. The SMILES string of the molecule is CN1CCCC(Nc2cccc(Br)c2)(C(N)=O)CC1.